The molecule has 0 fully saturated rings. The van der Waals surface area contributed by atoms with Crippen molar-refractivity contribution < 1.29 is 4.39 Å². The summed E-state index contributed by atoms with van der Waals surface area (Å²) >= 11 is 2.92. The second kappa shape index (κ2) is 6.31. The van der Waals surface area contributed by atoms with Gasteiger partial charge in [-0.25, -0.2) is 4.39 Å². The third-order valence-corrected chi connectivity index (χ3v) is 5.40. The van der Waals surface area contributed by atoms with Crippen LogP contribution in [0, 0.1) is 11.7 Å². The predicted octanol–water partition coefficient (Wildman–Crippen LogP) is 3.27. The molecule has 0 spiro atoms. The maximum Gasteiger partial charge on any atom is 0.235 e. The summed E-state index contributed by atoms with van der Waals surface area (Å²) in [5.74, 6) is 1.26. The molecule has 0 saturated carbocycles. The molecule has 0 amide bonds. The Bertz CT molecular complexity index is 782. The summed E-state index contributed by atoms with van der Waals surface area (Å²) in [7, 11) is 0. The van der Waals surface area contributed by atoms with E-state index in [0.29, 0.717) is 22.1 Å². The van der Waals surface area contributed by atoms with E-state index < -0.39 is 0 Å². The number of aromatic nitrogens is 4. The summed E-state index contributed by atoms with van der Waals surface area (Å²) in [6.07, 6.45) is 0. The van der Waals surface area contributed by atoms with Gasteiger partial charge >= 0.3 is 0 Å². The van der Waals surface area contributed by atoms with Crippen LogP contribution in [0.5, 0.6) is 0 Å². The molecule has 3 aromatic rings. The predicted molar refractivity (Wildman–Crippen MR) is 86.4 cm³/mol. The van der Waals surface area contributed by atoms with Gasteiger partial charge in [0, 0.05) is 5.75 Å². The highest BCUT2D eigenvalue weighted by molar-refractivity contribution is 8.00. The third-order valence-electron chi connectivity index (χ3n) is 3.32. The zero-order valence-corrected chi connectivity index (χ0v) is 13.9. The van der Waals surface area contributed by atoms with Crippen molar-refractivity contribution in [3.63, 3.8) is 0 Å². The van der Waals surface area contributed by atoms with Crippen molar-refractivity contribution in [3.8, 4) is 0 Å². The minimum Gasteiger partial charge on any atom is -0.321 e. The summed E-state index contributed by atoms with van der Waals surface area (Å²) in [4.78, 5) is 0.710. The van der Waals surface area contributed by atoms with E-state index in [9.17, 15) is 4.39 Å². The molecule has 2 N–H and O–H groups in total. The molecular formula is C14H16FN5S2. The lowest BCUT2D eigenvalue weighted by Crippen LogP contribution is -2.20. The van der Waals surface area contributed by atoms with Gasteiger partial charge < -0.3 is 5.73 Å². The summed E-state index contributed by atoms with van der Waals surface area (Å²) in [5, 5.41) is 12.7. The summed E-state index contributed by atoms with van der Waals surface area (Å²) in [6, 6.07) is 6.56. The number of fused-ring (bicyclic) bond motifs is 1. The van der Waals surface area contributed by atoms with E-state index in [1.165, 1.54) is 29.2 Å². The average molecular weight is 337 g/mol. The van der Waals surface area contributed by atoms with Crippen LogP contribution < -0.4 is 5.73 Å². The number of benzene rings is 1. The van der Waals surface area contributed by atoms with Crippen LogP contribution in [-0.4, -0.2) is 19.8 Å². The van der Waals surface area contributed by atoms with Crippen LogP contribution in [0.1, 0.15) is 31.3 Å². The van der Waals surface area contributed by atoms with Gasteiger partial charge in [-0.1, -0.05) is 55.1 Å². The Kier molecular flexibility index (Phi) is 4.42. The van der Waals surface area contributed by atoms with E-state index in [1.54, 1.807) is 16.6 Å². The van der Waals surface area contributed by atoms with Gasteiger partial charge in [-0.2, -0.15) is 4.52 Å². The maximum atomic E-state index is 13.6. The number of hydrogen-bond acceptors (Lipinski definition) is 6. The van der Waals surface area contributed by atoms with Crippen LogP contribution in [0.3, 0.4) is 0 Å². The van der Waals surface area contributed by atoms with Crippen LogP contribution in [0.15, 0.2) is 28.6 Å². The molecule has 1 aromatic carbocycles. The summed E-state index contributed by atoms with van der Waals surface area (Å²) < 4.78 is 16.1. The van der Waals surface area contributed by atoms with Gasteiger partial charge in [-0.15, -0.1) is 15.3 Å². The van der Waals surface area contributed by atoms with Crippen LogP contribution in [0.4, 0.5) is 4.39 Å². The Hall–Kier alpha value is -1.51. The largest absolute Gasteiger partial charge is 0.321 e. The molecule has 0 aliphatic heterocycles. The molecule has 1 atom stereocenters. The molecule has 0 bridgehead atoms. The monoisotopic (exact) mass is 337 g/mol. The van der Waals surface area contributed by atoms with Crippen molar-refractivity contribution in [3.05, 3.63) is 41.5 Å². The Labute approximate surface area is 135 Å². The standard InChI is InChI=1S/C14H16FN5S2/c1-8(2)11(16)12-17-18-13-20(12)19-14(22-13)21-7-9-5-3-4-6-10(9)15/h3-6,8,11H,7,16H2,1-2H3/t11-/m0/s1. The van der Waals surface area contributed by atoms with Crippen molar-refractivity contribution in [2.75, 3.05) is 0 Å². The highest BCUT2D eigenvalue weighted by Gasteiger charge is 2.20. The number of hydrogen-bond donors (Lipinski definition) is 1. The Morgan fingerprint density at radius 2 is 2.09 bits per heavy atom. The molecule has 0 aliphatic rings. The number of rotatable bonds is 5. The van der Waals surface area contributed by atoms with E-state index in [2.05, 4.69) is 15.3 Å². The zero-order valence-electron chi connectivity index (χ0n) is 12.2. The van der Waals surface area contributed by atoms with Gasteiger partial charge in [0.2, 0.25) is 4.96 Å². The zero-order chi connectivity index (χ0) is 15.7. The van der Waals surface area contributed by atoms with E-state index in [0.717, 1.165) is 4.34 Å². The first-order valence-electron chi connectivity index (χ1n) is 6.90. The van der Waals surface area contributed by atoms with Gasteiger partial charge in [0.25, 0.3) is 0 Å². The first-order valence-corrected chi connectivity index (χ1v) is 8.70. The molecule has 0 saturated heterocycles. The molecule has 0 unspecified atom stereocenters. The van der Waals surface area contributed by atoms with Gasteiger partial charge in [0.1, 0.15) is 5.82 Å². The molecular weight excluding hydrogens is 321 g/mol. The molecule has 2 heterocycles. The van der Waals surface area contributed by atoms with Gasteiger partial charge in [-0.05, 0) is 17.5 Å². The van der Waals surface area contributed by atoms with Gasteiger partial charge in [-0.3, -0.25) is 0 Å². The van der Waals surface area contributed by atoms with Crippen molar-refractivity contribution in [1.82, 2.24) is 19.8 Å². The first kappa shape index (κ1) is 15.4. The Morgan fingerprint density at radius 1 is 1.32 bits per heavy atom. The minimum absolute atomic E-state index is 0.194. The molecule has 22 heavy (non-hydrogen) atoms. The van der Waals surface area contributed by atoms with E-state index in [4.69, 9.17) is 5.73 Å². The maximum absolute atomic E-state index is 13.6. The highest BCUT2D eigenvalue weighted by atomic mass is 32.2. The lowest BCUT2D eigenvalue weighted by molar-refractivity contribution is 0.479. The normalized spacial score (nSPS) is 13.1. The number of halogens is 1. The van der Waals surface area contributed by atoms with E-state index in [1.807, 2.05) is 19.9 Å². The van der Waals surface area contributed by atoms with Crippen molar-refractivity contribution in [2.24, 2.45) is 11.7 Å². The fourth-order valence-corrected chi connectivity index (χ4v) is 3.80. The lowest BCUT2D eigenvalue weighted by Gasteiger charge is -2.11. The van der Waals surface area contributed by atoms with Crippen molar-refractivity contribution in [2.45, 2.75) is 30.0 Å². The molecule has 116 valence electrons. The summed E-state index contributed by atoms with van der Waals surface area (Å²) in [6.45, 7) is 4.07. The fourth-order valence-electron chi connectivity index (χ4n) is 1.93. The first-order chi connectivity index (χ1) is 10.6. The van der Waals surface area contributed by atoms with E-state index >= 15 is 0 Å². The number of nitrogens with two attached hydrogens (primary N) is 1. The van der Waals surface area contributed by atoms with Gasteiger partial charge in [0.15, 0.2) is 10.2 Å². The van der Waals surface area contributed by atoms with Crippen molar-refractivity contribution in [1.29, 1.82) is 0 Å². The quantitative estimate of drug-likeness (QED) is 0.724. The second-order valence-corrected chi connectivity index (χ2v) is 7.45. The average Bonchev–Trinajstić information content (AvgIpc) is 3.05. The van der Waals surface area contributed by atoms with Gasteiger partial charge in [0.05, 0.1) is 6.04 Å². The number of nitrogens with zero attached hydrogens (tertiary/aromatic N) is 4. The Balaban J connectivity index is 1.80. The van der Waals surface area contributed by atoms with Crippen LogP contribution in [0.25, 0.3) is 4.96 Å². The molecule has 0 aliphatic carbocycles. The van der Waals surface area contributed by atoms with E-state index in [-0.39, 0.29) is 17.8 Å². The molecule has 0 radical (unpaired) electrons. The summed E-state index contributed by atoms with van der Waals surface area (Å²) in [5.41, 5.74) is 6.79. The highest BCUT2D eigenvalue weighted by Crippen LogP contribution is 2.29. The lowest BCUT2D eigenvalue weighted by atomic mass is 10.1. The van der Waals surface area contributed by atoms with Crippen molar-refractivity contribution >= 4 is 28.1 Å². The second-order valence-electron chi connectivity index (χ2n) is 5.27. The molecule has 8 heteroatoms. The van der Waals surface area contributed by atoms with Crippen LogP contribution in [-0.2, 0) is 5.75 Å². The number of thioether (sulfide) groups is 1. The van der Waals surface area contributed by atoms with Crippen LogP contribution in [0.2, 0.25) is 0 Å². The fraction of sp³-hybridized carbons (Fsp3) is 0.357. The SMILES string of the molecule is CC(C)[C@H](N)c1nnc2sc(SCc3ccccc3F)nn12. The molecule has 2 aromatic heterocycles. The smallest absolute Gasteiger partial charge is 0.235 e. The third kappa shape index (κ3) is 2.99. The molecule has 5 nitrogen and oxygen atoms in total. The van der Waals surface area contributed by atoms with Crippen LogP contribution >= 0.6 is 23.1 Å². The minimum atomic E-state index is -0.207. The topological polar surface area (TPSA) is 69.1 Å². The molecule has 3 rings (SSSR count). The Morgan fingerprint density at radius 3 is 2.82 bits per heavy atom.